The fourth-order valence-corrected chi connectivity index (χ4v) is 3.07. The highest BCUT2D eigenvalue weighted by molar-refractivity contribution is 9.10. The monoisotopic (exact) mass is 322 g/mol. The van der Waals surface area contributed by atoms with Gasteiger partial charge in [-0.2, -0.15) is 0 Å². The first-order valence-electron chi connectivity index (χ1n) is 5.09. The summed E-state index contributed by atoms with van der Waals surface area (Å²) in [6.45, 7) is 1.78. The predicted octanol–water partition coefficient (Wildman–Crippen LogP) is 3.36. The van der Waals surface area contributed by atoms with E-state index in [-0.39, 0.29) is 5.92 Å². The summed E-state index contributed by atoms with van der Waals surface area (Å²) in [5.74, 6) is -1.52. The van der Waals surface area contributed by atoms with E-state index in [2.05, 4.69) is 15.9 Å². The lowest BCUT2D eigenvalue weighted by atomic mass is 10.0. The van der Waals surface area contributed by atoms with Crippen LogP contribution in [-0.4, -0.2) is 25.2 Å². The summed E-state index contributed by atoms with van der Waals surface area (Å²) in [4.78, 5) is 0. The molecule has 0 aromatic heterocycles. The van der Waals surface area contributed by atoms with Gasteiger partial charge in [0.15, 0.2) is 5.85 Å². The number of rotatable bonds is 5. The minimum atomic E-state index is -3.46. The van der Waals surface area contributed by atoms with Crippen LogP contribution in [0.15, 0.2) is 28.7 Å². The first-order chi connectivity index (χ1) is 7.94. The van der Waals surface area contributed by atoms with Crippen LogP contribution in [0, 0.1) is 0 Å². The summed E-state index contributed by atoms with van der Waals surface area (Å²) in [5.41, 5.74) is 0.870. The SMILES string of the molecule is COP(=O)(OC)[C@H](O)[C@@H](C)c1ccc(Br)cc1. The van der Waals surface area contributed by atoms with Crippen molar-refractivity contribution in [2.24, 2.45) is 0 Å². The first kappa shape index (κ1) is 14.9. The molecule has 0 aliphatic heterocycles. The zero-order valence-corrected chi connectivity index (χ0v) is 12.4. The standard InChI is InChI=1S/C11H16BrO4P/c1-8(9-4-6-10(12)7-5-9)11(13)17(14,15-2)16-3/h4-8,11,13H,1-3H3/t8-,11-/m0/s1. The highest BCUT2D eigenvalue weighted by Crippen LogP contribution is 2.54. The predicted molar refractivity (Wildman–Crippen MR) is 70.2 cm³/mol. The lowest BCUT2D eigenvalue weighted by molar-refractivity contribution is 0.158. The van der Waals surface area contributed by atoms with Gasteiger partial charge < -0.3 is 14.2 Å². The van der Waals surface area contributed by atoms with Gasteiger partial charge in [-0.25, -0.2) is 0 Å². The molecule has 2 atom stereocenters. The smallest absolute Gasteiger partial charge is 0.358 e. The van der Waals surface area contributed by atoms with Gasteiger partial charge in [0, 0.05) is 24.6 Å². The molecule has 0 aliphatic carbocycles. The molecule has 0 saturated heterocycles. The van der Waals surface area contributed by atoms with Crippen molar-refractivity contribution in [2.75, 3.05) is 14.2 Å². The lowest BCUT2D eigenvalue weighted by Gasteiger charge is -2.25. The molecule has 1 aromatic rings. The molecule has 1 aromatic carbocycles. The Morgan fingerprint density at radius 1 is 1.24 bits per heavy atom. The second kappa shape index (κ2) is 6.12. The lowest BCUT2D eigenvalue weighted by Crippen LogP contribution is -2.18. The van der Waals surface area contributed by atoms with Gasteiger partial charge in [-0.3, -0.25) is 4.57 Å². The second-order valence-electron chi connectivity index (χ2n) is 3.66. The molecular weight excluding hydrogens is 307 g/mol. The first-order valence-corrected chi connectivity index (χ1v) is 7.50. The third kappa shape index (κ3) is 3.39. The van der Waals surface area contributed by atoms with Crippen molar-refractivity contribution in [1.29, 1.82) is 0 Å². The molecule has 0 saturated carbocycles. The summed E-state index contributed by atoms with van der Waals surface area (Å²) in [7, 11) is -0.930. The Morgan fingerprint density at radius 3 is 2.12 bits per heavy atom. The highest BCUT2D eigenvalue weighted by atomic mass is 79.9. The molecule has 0 heterocycles. The van der Waals surface area contributed by atoms with Gasteiger partial charge in [0.1, 0.15) is 0 Å². The van der Waals surface area contributed by atoms with Crippen molar-refractivity contribution in [1.82, 2.24) is 0 Å². The Bertz CT molecular complexity index is 398. The van der Waals surface area contributed by atoms with E-state index in [0.29, 0.717) is 0 Å². The number of benzene rings is 1. The second-order valence-corrected chi connectivity index (χ2v) is 6.91. The van der Waals surface area contributed by atoms with Gasteiger partial charge in [0.25, 0.3) is 0 Å². The number of hydrogen-bond donors (Lipinski definition) is 1. The van der Waals surface area contributed by atoms with Gasteiger partial charge in [0.2, 0.25) is 0 Å². The van der Waals surface area contributed by atoms with Crippen LogP contribution in [0.2, 0.25) is 0 Å². The topological polar surface area (TPSA) is 55.8 Å². The maximum absolute atomic E-state index is 12.0. The third-order valence-electron chi connectivity index (χ3n) is 2.68. The largest absolute Gasteiger partial charge is 0.380 e. The molecule has 0 fully saturated rings. The Balaban J connectivity index is 2.93. The number of halogens is 1. The maximum Gasteiger partial charge on any atom is 0.358 e. The summed E-state index contributed by atoms with van der Waals surface area (Å²) in [6, 6.07) is 7.44. The van der Waals surface area contributed by atoms with Crippen LogP contribution in [0.1, 0.15) is 18.4 Å². The maximum atomic E-state index is 12.0. The molecule has 0 unspecified atom stereocenters. The molecule has 0 aliphatic rings. The molecule has 1 N–H and O–H groups in total. The fraction of sp³-hybridized carbons (Fsp3) is 0.455. The Kier molecular flexibility index (Phi) is 5.35. The molecule has 0 amide bonds. The molecule has 1 rings (SSSR count). The van der Waals surface area contributed by atoms with E-state index < -0.39 is 13.4 Å². The van der Waals surface area contributed by atoms with E-state index in [1.54, 1.807) is 6.92 Å². The summed E-state index contributed by atoms with van der Waals surface area (Å²) in [5, 5.41) is 10.0. The Labute approximate surface area is 110 Å². The van der Waals surface area contributed by atoms with Crippen molar-refractivity contribution in [3.8, 4) is 0 Å². The van der Waals surface area contributed by atoms with E-state index in [0.717, 1.165) is 10.0 Å². The summed E-state index contributed by atoms with van der Waals surface area (Å²) < 4.78 is 22.6. The highest BCUT2D eigenvalue weighted by Gasteiger charge is 2.37. The van der Waals surface area contributed by atoms with E-state index in [1.807, 2.05) is 24.3 Å². The fourth-order valence-electron chi connectivity index (χ4n) is 1.50. The quantitative estimate of drug-likeness (QED) is 0.844. The van der Waals surface area contributed by atoms with E-state index in [9.17, 15) is 9.67 Å². The summed E-state index contributed by atoms with van der Waals surface area (Å²) >= 11 is 3.33. The number of aliphatic hydroxyl groups excluding tert-OH is 1. The van der Waals surface area contributed by atoms with Crippen molar-refractivity contribution in [2.45, 2.75) is 18.7 Å². The third-order valence-corrected chi connectivity index (χ3v) is 5.32. The van der Waals surface area contributed by atoms with E-state index in [4.69, 9.17) is 9.05 Å². The van der Waals surface area contributed by atoms with Crippen molar-refractivity contribution >= 4 is 23.5 Å². The van der Waals surface area contributed by atoms with Crippen molar-refractivity contribution in [3.05, 3.63) is 34.3 Å². The van der Waals surface area contributed by atoms with Crippen LogP contribution < -0.4 is 0 Å². The van der Waals surface area contributed by atoms with Crippen molar-refractivity contribution < 1.29 is 18.7 Å². The molecule has 6 heteroatoms. The Hall–Kier alpha value is -0.190. The van der Waals surface area contributed by atoms with Gasteiger partial charge in [0.05, 0.1) is 0 Å². The number of aliphatic hydroxyl groups is 1. The minimum Gasteiger partial charge on any atom is -0.380 e. The van der Waals surface area contributed by atoms with Crippen LogP contribution in [0.25, 0.3) is 0 Å². The van der Waals surface area contributed by atoms with Crippen LogP contribution in [0.5, 0.6) is 0 Å². The van der Waals surface area contributed by atoms with Crippen LogP contribution in [0.4, 0.5) is 0 Å². The molecule has 0 spiro atoms. The van der Waals surface area contributed by atoms with Gasteiger partial charge in [-0.1, -0.05) is 35.0 Å². The normalized spacial score (nSPS) is 15.6. The van der Waals surface area contributed by atoms with Gasteiger partial charge >= 0.3 is 7.60 Å². The van der Waals surface area contributed by atoms with Gasteiger partial charge in [-0.05, 0) is 17.7 Å². The van der Waals surface area contributed by atoms with Crippen LogP contribution >= 0.6 is 23.5 Å². The minimum absolute atomic E-state index is 0.339. The molecular formula is C11H16BrO4P. The molecule has 0 radical (unpaired) electrons. The molecule has 17 heavy (non-hydrogen) atoms. The average Bonchev–Trinajstić information content (AvgIpc) is 2.37. The van der Waals surface area contributed by atoms with Crippen LogP contribution in [0.3, 0.4) is 0 Å². The molecule has 96 valence electrons. The van der Waals surface area contributed by atoms with Gasteiger partial charge in [-0.15, -0.1) is 0 Å². The van der Waals surface area contributed by atoms with Crippen molar-refractivity contribution in [3.63, 3.8) is 0 Å². The Morgan fingerprint density at radius 2 is 1.71 bits per heavy atom. The zero-order valence-electron chi connectivity index (χ0n) is 9.96. The van der Waals surface area contributed by atoms with Crippen LogP contribution in [-0.2, 0) is 13.6 Å². The van der Waals surface area contributed by atoms with E-state index >= 15 is 0 Å². The van der Waals surface area contributed by atoms with E-state index in [1.165, 1.54) is 14.2 Å². The molecule has 0 bridgehead atoms. The average molecular weight is 323 g/mol. The number of hydrogen-bond acceptors (Lipinski definition) is 4. The molecule has 4 nitrogen and oxygen atoms in total. The summed E-state index contributed by atoms with van der Waals surface area (Å²) in [6.07, 6.45) is 0. The zero-order chi connectivity index (χ0) is 13.1.